The fraction of sp³-hybridized carbons (Fsp3) is 0.0667. The molecule has 8 heteroatoms. The van der Waals surface area contributed by atoms with Gasteiger partial charge >= 0.3 is 0 Å². The molecule has 120 valence electrons. The molecule has 5 nitrogen and oxygen atoms in total. The first-order chi connectivity index (χ1) is 10.8. The van der Waals surface area contributed by atoms with Gasteiger partial charge in [-0.25, -0.2) is 0 Å². The van der Waals surface area contributed by atoms with E-state index in [1.165, 1.54) is 6.92 Å². The highest BCUT2D eigenvalue weighted by Gasteiger charge is 2.11. The van der Waals surface area contributed by atoms with E-state index in [2.05, 4.69) is 10.6 Å². The second-order valence-corrected chi connectivity index (χ2v) is 5.82. The minimum absolute atomic E-state index is 0.111. The van der Waals surface area contributed by atoms with Gasteiger partial charge in [-0.15, -0.1) is 0 Å². The number of benzene rings is 2. The van der Waals surface area contributed by atoms with Gasteiger partial charge in [0.1, 0.15) is 5.75 Å². The van der Waals surface area contributed by atoms with Gasteiger partial charge < -0.3 is 21.1 Å². The lowest BCUT2D eigenvalue weighted by Gasteiger charge is -2.12. The number of anilines is 2. The molecule has 0 atom stereocenters. The fourth-order valence-electron chi connectivity index (χ4n) is 1.80. The zero-order chi connectivity index (χ0) is 17.0. The molecule has 0 aromatic heterocycles. The van der Waals surface area contributed by atoms with Gasteiger partial charge in [0.25, 0.3) is 0 Å². The van der Waals surface area contributed by atoms with Crippen molar-refractivity contribution in [3.05, 3.63) is 46.4 Å². The number of ether oxygens (including phenoxy) is 1. The molecule has 0 radical (unpaired) electrons. The van der Waals surface area contributed by atoms with Gasteiger partial charge in [0.05, 0.1) is 10.0 Å². The molecular formula is C15H13Cl2N3O2S. The van der Waals surface area contributed by atoms with Crippen LogP contribution < -0.4 is 21.1 Å². The molecule has 2 rings (SSSR count). The Labute approximate surface area is 148 Å². The molecular weight excluding hydrogens is 357 g/mol. The lowest BCUT2D eigenvalue weighted by molar-refractivity contribution is -0.114. The van der Waals surface area contributed by atoms with Crippen LogP contribution in [0.4, 0.5) is 11.4 Å². The first-order valence-corrected chi connectivity index (χ1v) is 7.62. The number of nitrogens with two attached hydrogens (primary N) is 1. The van der Waals surface area contributed by atoms with Crippen molar-refractivity contribution in [1.29, 1.82) is 0 Å². The van der Waals surface area contributed by atoms with Crippen molar-refractivity contribution in [1.82, 2.24) is 0 Å². The van der Waals surface area contributed by atoms with E-state index >= 15 is 0 Å². The van der Waals surface area contributed by atoms with Gasteiger partial charge in [-0.1, -0.05) is 23.2 Å². The van der Waals surface area contributed by atoms with Crippen molar-refractivity contribution in [3.63, 3.8) is 0 Å². The fourth-order valence-corrected chi connectivity index (χ4v) is 2.48. The lowest BCUT2D eigenvalue weighted by atomic mass is 10.2. The first kappa shape index (κ1) is 17.3. The third-order valence-corrected chi connectivity index (χ3v) is 3.32. The quantitative estimate of drug-likeness (QED) is 0.696. The van der Waals surface area contributed by atoms with Crippen molar-refractivity contribution in [3.8, 4) is 11.5 Å². The summed E-state index contributed by atoms with van der Waals surface area (Å²) in [6.07, 6.45) is 0. The van der Waals surface area contributed by atoms with Crippen LogP contribution in [0.25, 0.3) is 0 Å². The number of thiocarbonyl (C=S) groups is 1. The monoisotopic (exact) mass is 369 g/mol. The van der Waals surface area contributed by atoms with E-state index in [9.17, 15) is 4.79 Å². The summed E-state index contributed by atoms with van der Waals surface area (Å²) in [6.45, 7) is 1.44. The number of hydrogen-bond donors (Lipinski definition) is 3. The van der Waals surface area contributed by atoms with Gasteiger partial charge in [0, 0.05) is 18.3 Å². The third-order valence-electron chi connectivity index (χ3n) is 2.66. The average molecular weight is 370 g/mol. The Morgan fingerprint density at radius 2 is 1.65 bits per heavy atom. The van der Waals surface area contributed by atoms with Crippen molar-refractivity contribution in [2.45, 2.75) is 6.92 Å². The van der Waals surface area contributed by atoms with Crippen LogP contribution in [0, 0.1) is 0 Å². The Balaban J connectivity index is 2.19. The lowest BCUT2D eigenvalue weighted by Crippen LogP contribution is -2.18. The molecule has 0 fully saturated rings. The molecule has 0 bridgehead atoms. The maximum atomic E-state index is 11.0. The normalized spacial score (nSPS) is 10.0. The van der Waals surface area contributed by atoms with Gasteiger partial charge in [-0.3, -0.25) is 4.79 Å². The van der Waals surface area contributed by atoms with Crippen LogP contribution in [0.3, 0.4) is 0 Å². The van der Waals surface area contributed by atoms with E-state index in [-0.39, 0.29) is 11.0 Å². The molecule has 2 aromatic rings. The number of nitrogens with one attached hydrogen (secondary N) is 2. The van der Waals surface area contributed by atoms with Gasteiger partial charge in [0.2, 0.25) is 5.91 Å². The van der Waals surface area contributed by atoms with E-state index in [0.717, 1.165) is 0 Å². The Morgan fingerprint density at radius 3 is 2.13 bits per heavy atom. The number of halogens is 2. The summed E-state index contributed by atoms with van der Waals surface area (Å²) >= 11 is 17.1. The number of carbonyl (C=O) groups is 1. The number of amides is 1. The maximum Gasteiger partial charge on any atom is 0.221 e. The van der Waals surface area contributed by atoms with Crippen molar-refractivity contribution in [2.75, 3.05) is 10.6 Å². The minimum atomic E-state index is -0.148. The summed E-state index contributed by atoms with van der Waals surface area (Å²) in [4.78, 5) is 11.0. The number of hydrogen-bond acceptors (Lipinski definition) is 3. The van der Waals surface area contributed by atoms with E-state index in [0.29, 0.717) is 32.9 Å². The largest absolute Gasteiger partial charge is 0.454 e. The molecule has 0 aliphatic carbocycles. The molecule has 0 aliphatic heterocycles. The molecule has 0 saturated heterocycles. The SMILES string of the molecule is CC(=O)Nc1ccc(Oc2c(Cl)cc(NC(N)=S)cc2Cl)cc1. The van der Waals surface area contributed by atoms with Crippen LogP contribution in [-0.2, 0) is 4.79 Å². The molecule has 2 aromatic carbocycles. The Hall–Kier alpha value is -2.02. The van der Waals surface area contributed by atoms with Crippen LogP contribution in [-0.4, -0.2) is 11.0 Å². The second-order valence-electron chi connectivity index (χ2n) is 4.57. The summed E-state index contributed by atoms with van der Waals surface area (Å²) in [5.74, 6) is 0.692. The number of rotatable bonds is 4. The Kier molecular flexibility index (Phi) is 5.65. The Bertz CT molecular complexity index is 728. The molecule has 4 N–H and O–H groups in total. The predicted molar refractivity (Wildman–Crippen MR) is 97.7 cm³/mol. The first-order valence-electron chi connectivity index (χ1n) is 6.46. The van der Waals surface area contributed by atoms with Crippen molar-refractivity contribution >= 4 is 57.8 Å². The third kappa shape index (κ3) is 4.99. The predicted octanol–water partition coefficient (Wildman–Crippen LogP) is 4.40. The summed E-state index contributed by atoms with van der Waals surface area (Å²) in [5, 5.41) is 6.14. The molecule has 23 heavy (non-hydrogen) atoms. The second kappa shape index (κ2) is 7.50. The topological polar surface area (TPSA) is 76.4 Å². The highest BCUT2D eigenvalue weighted by atomic mass is 35.5. The summed E-state index contributed by atoms with van der Waals surface area (Å²) in [7, 11) is 0. The standard InChI is InChI=1S/C15H13Cl2N3O2S/c1-8(21)19-9-2-4-11(5-3-9)22-14-12(16)6-10(7-13(14)17)20-15(18)23/h2-7H,1H3,(H,19,21)(H3,18,20,23). The van der Waals surface area contributed by atoms with Crippen LogP contribution >= 0.6 is 35.4 Å². The number of carbonyl (C=O) groups excluding carboxylic acids is 1. The van der Waals surface area contributed by atoms with Crippen LogP contribution in [0.15, 0.2) is 36.4 Å². The van der Waals surface area contributed by atoms with Crippen LogP contribution in [0.2, 0.25) is 10.0 Å². The summed E-state index contributed by atoms with van der Waals surface area (Å²) in [6, 6.07) is 10.0. The molecule has 0 saturated carbocycles. The highest BCUT2D eigenvalue weighted by Crippen LogP contribution is 2.39. The van der Waals surface area contributed by atoms with Crippen LogP contribution in [0.1, 0.15) is 6.92 Å². The molecule has 0 spiro atoms. The average Bonchev–Trinajstić information content (AvgIpc) is 2.43. The van der Waals surface area contributed by atoms with Gasteiger partial charge in [-0.05, 0) is 48.6 Å². The molecule has 0 aliphatic rings. The molecule has 1 amide bonds. The zero-order valence-electron chi connectivity index (χ0n) is 12.0. The molecule has 0 heterocycles. The summed E-state index contributed by atoms with van der Waals surface area (Å²) < 4.78 is 5.69. The minimum Gasteiger partial charge on any atom is -0.454 e. The smallest absolute Gasteiger partial charge is 0.221 e. The zero-order valence-corrected chi connectivity index (χ0v) is 14.4. The van der Waals surface area contributed by atoms with E-state index in [1.807, 2.05) is 0 Å². The maximum absolute atomic E-state index is 11.0. The Morgan fingerprint density at radius 1 is 1.09 bits per heavy atom. The van der Waals surface area contributed by atoms with Gasteiger partial charge in [-0.2, -0.15) is 0 Å². The van der Waals surface area contributed by atoms with E-state index < -0.39 is 0 Å². The van der Waals surface area contributed by atoms with Crippen LogP contribution in [0.5, 0.6) is 11.5 Å². The highest BCUT2D eigenvalue weighted by molar-refractivity contribution is 7.80. The van der Waals surface area contributed by atoms with E-state index in [1.54, 1.807) is 36.4 Å². The molecule has 0 unspecified atom stereocenters. The van der Waals surface area contributed by atoms with Crippen molar-refractivity contribution in [2.24, 2.45) is 5.73 Å². The van der Waals surface area contributed by atoms with Crippen molar-refractivity contribution < 1.29 is 9.53 Å². The summed E-state index contributed by atoms with van der Waals surface area (Å²) in [5.41, 5.74) is 6.64. The van der Waals surface area contributed by atoms with E-state index in [4.69, 9.17) is 45.9 Å². The van der Waals surface area contributed by atoms with Gasteiger partial charge in [0.15, 0.2) is 10.9 Å².